The smallest absolute Gasteiger partial charge is 0.329 e. The highest BCUT2D eigenvalue weighted by atomic mass is 16.7. The van der Waals surface area contributed by atoms with E-state index in [2.05, 4.69) is 22.1 Å². The van der Waals surface area contributed by atoms with Crippen LogP contribution in [-0.4, -0.2) is 94.3 Å². The molecule has 11 rings (SSSR count). The summed E-state index contributed by atoms with van der Waals surface area (Å²) in [4.78, 5) is 70.9. The molecule has 0 radical (unpaired) electrons. The number of urea groups is 1. The van der Waals surface area contributed by atoms with E-state index in [1.165, 1.54) is 12.1 Å². The number of carbonyl (C=O) groups excluding carboxylic acids is 4. The number of amides is 4. The number of morpholine rings is 1. The first kappa shape index (κ1) is 46.4. The molecule has 3 N–H and O–H groups in total. The van der Waals surface area contributed by atoms with Gasteiger partial charge in [-0.25, -0.2) is 9.69 Å². The lowest BCUT2D eigenvalue weighted by Crippen LogP contribution is -2.59. The number of piperazine rings is 1. The van der Waals surface area contributed by atoms with Gasteiger partial charge in [0.05, 0.1) is 36.3 Å². The third kappa shape index (κ3) is 8.09. The lowest BCUT2D eigenvalue weighted by Gasteiger charge is -2.46. The number of phenolic OH excluding ortho intramolecular Hbond substituents is 1. The number of hydrogen-bond donors (Lipinski definition) is 3. The fourth-order valence-corrected chi connectivity index (χ4v) is 11.5. The average Bonchev–Trinajstić information content (AvgIpc) is 4.08. The summed E-state index contributed by atoms with van der Waals surface area (Å²) >= 11 is 0. The molecule has 0 aromatic heterocycles. The summed E-state index contributed by atoms with van der Waals surface area (Å²) in [5.74, 6) is 4.22. The Balaban J connectivity index is 1.10. The summed E-state index contributed by atoms with van der Waals surface area (Å²) < 4.78 is 17.9. The second-order valence-corrected chi connectivity index (χ2v) is 18.9. The van der Waals surface area contributed by atoms with Crippen molar-refractivity contribution in [3.8, 4) is 29.1 Å². The first-order valence-electron chi connectivity index (χ1n) is 24.4. The molecular weight excluding hydrogens is 911 g/mol. The summed E-state index contributed by atoms with van der Waals surface area (Å²) in [5, 5.41) is 23.6. The van der Waals surface area contributed by atoms with Gasteiger partial charge in [0.1, 0.15) is 23.3 Å². The molecule has 72 heavy (non-hydrogen) atoms. The Morgan fingerprint density at radius 3 is 2.15 bits per heavy atom. The molecule has 5 aliphatic rings. The molecule has 7 atom stereocenters. The molecular formula is C58H53N5O9. The second kappa shape index (κ2) is 19.3. The molecule has 4 amide bonds. The number of aliphatic hydroxyl groups is 1. The molecule has 1 spiro atoms. The maximum absolute atomic E-state index is 16.7. The van der Waals surface area contributed by atoms with Crippen molar-refractivity contribution < 1.29 is 43.6 Å². The van der Waals surface area contributed by atoms with Crippen LogP contribution in [0.5, 0.6) is 17.2 Å². The maximum Gasteiger partial charge on any atom is 0.329 e. The van der Waals surface area contributed by atoms with Crippen molar-refractivity contribution in [1.29, 1.82) is 0 Å². The molecule has 5 heterocycles. The van der Waals surface area contributed by atoms with Crippen molar-refractivity contribution in [3.63, 3.8) is 0 Å². The largest absolute Gasteiger partial charge is 0.508 e. The summed E-state index contributed by atoms with van der Waals surface area (Å²) in [5.41, 5.74) is 2.92. The van der Waals surface area contributed by atoms with Crippen LogP contribution in [0.1, 0.15) is 76.5 Å². The second-order valence-electron chi connectivity index (χ2n) is 18.9. The Morgan fingerprint density at radius 1 is 0.764 bits per heavy atom. The van der Waals surface area contributed by atoms with Crippen molar-refractivity contribution in [2.45, 2.75) is 55.6 Å². The molecule has 6 aromatic rings. The van der Waals surface area contributed by atoms with Crippen LogP contribution in [-0.2, 0) is 31.1 Å². The highest BCUT2D eigenvalue weighted by molar-refractivity contribution is 6.24. The zero-order valence-corrected chi connectivity index (χ0v) is 39.6. The topological polar surface area (TPSA) is 161 Å². The number of benzene rings is 6. The average molecular weight is 964 g/mol. The van der Waals surface area contributed by atoms with Gasteiger partial charge in [-0.3, -0.25) is 24.2 Å². The molecule has 6 aromatic carbocycles. The monoisotopic (exact) mass is 963 g/mol. The predicted molar refractivity (Wildman–Crippen MR) is 266 cm³/mol. The SMILES string of the molecule is C[C@@H](NC(=O)N1C(=O)[C@@]2(c3cc(C#CCCO)ccc31)[C@H](c1ccc(O)cc1)N1[C@H](c3ccccc3)[C@H](c3ccccc3)OC(=O)[C@H]1[C@@H]2C(=O)N1CCN(Cc2ccc3c(c2)OCO3)CC1)c1ccccc1. The lowest BCUT2D eigenvalue weighted by atomic mass is 9.64. The van der Waals surface area contributed by atoms with Crippen molar-refractivity contribution in [3.05, 3.63) is 191 Å². The molecule has 0 aliphatic carbocycles. The van der Waals surface area contributed by atoms with E-state index in [0.717, 1.165) is 21.6 Å². The normalized spacial score (nSPS) is 23.7. The number of ether oxygens (including phenoxy) is 3. The summed E-state index contributed by atoms with van der Waals surface area (Å²) in [6, 6.07) is 41.5. The van der Waals surface area contributed by atoms with Crippen LogP contribution in [0.4, 0.5) is 10.5 Å². The number of fused-ring (bicyclic) bond motifs is 4. The van der Waals surface area contributed by atoms with Gasteiger partial charge in [-0.1, -0.05) is 121 Å². The summed E-state index contributed by atoms with van der Waals surface area (Å²) in [6.07, 6.45) is -0.716. The van der Waals surface area contributed by atoms with Crippen LogP contribution in [0.3, 0.4) is 0 Å². The van der Waals surface area contributed by atoms with Gasteiger partial charge in [0.15, 0.2) is 11.5 Å². The van der Waals surface area contributed by atoms with Crippen LogP contribution in [0, 0.1) is 17.8 Å². The van der Waals surface area contributed by atoms with Gasteiger partial charge >= 0.3 is 12.0 Å². The Hall–Kier alpha value is -7.96. The zero-order valence-electron chi connectivity index (χ0n) is 39.6. The number of rotatable bonds is 9. The van der Waals surface area contributed by atoms with E-state index in [9.17, 15) is 10.2 Å². The molecule has 0 unspecified atom stereocenters. The third-order valence-electron chi connectivity index (χ3n) is 14.8. The minimum Gasteiger partial charge on any atom is -0.508 e. The predicted octanol–water partition coefficient (Wildman–Crippen LogP) is 7.34. The standard InChI is InChI=1S/C58H53N5O9/c1-37(40-14-5-2-6-15-40)59-57(69)62-46-26-20-38(13-11-12-32-64)33-45(46)58(56(62)68)49(54(66)61-30-28-60(29-31-61)35-39-21-27-47-48(34-39)71-36-70-47)51-55(67)72-52(42-18-9-4-10-19-42)50(41-16-7-3-8-17-41)63(51)53(58)43-22-24-44(65)25-23-43/h2-10,14-27,33-34,37,49-53,64-65H,12,28-32,35-36H2,1H3,(H,59,69)/t37-,49-,50-,51-,52+,53+,58-/m1/s1. The molecule has 5 aliphatic heterocycles. The van der Waals surface area contributed by atoms with E-state index in [1.807, 2.05) is 121 Å². The highest BCUT2D eigenvalue weighted by Crippen LogP contribution is 2.66. The number of anilines is 1. The number of carbonyl (C=O) groups is 4. The first-order valence-corrected chi connectivity index (χ1v) is 24.4. The van der Waals surface area contributed by atoms with E-state index in [-0.39, 0.29) is 44.3 Å². The van der Waals surface area contributed by atoms with Crippen molar-refractivity contribution >= 4 is 29.5 Å². The minimum absolute atomic E-state index is 0.0242. The van der Waals surface area contributed by atoms with Gasteiger partial charge < -0.3 is 34.6 Å². The van der Waals surface area contributed by atoms with E-state index >= 15 is 19.2 Å². The van der Waals surface area contributed by atoms with Crippen molar-refractivity contribution in [2.75, 3.05) is 44.5 Å². The number of imide groups is 1. The fourth-order valence-electron chi connectivity index (χ4n) is 11.5. The molecule has 3 fully saturated rings. The van der Waals surface area contributed by atoms with Gasteiger partial charge in [-0.2, -0.15) is 0 Å². The van der Waals surface area contributed by atoms with E-state index in [0.29, 0.717) is 53.4 Å². The number of nitrogens with one attached hydrogen (secondary N) is 1. The Bertz CT molecular complexity index is 3080. The molecule has 0 bridgehead atoms. The highest BCUT2D eigenvalue weighted by Gasteiger charge is 2.76. The molecule has 3 saturated heterocycles. The molecule has 14 heteroatoms. The Kier molecular flexibility index (Phi) is 12.5. The van der Waals surface area contributed by atoms with Crippen molar-refractivity contribution in [2.24, 2.45) is 5.92 Å². The van der Waals surface area contributed by atoms with Crippen LogP contribution < -0.4 is 19.7 Å². The van der Waals surface area contributed by atoms with Gasteiger partial charge in [0.2, 0.25) is 18.6 Å². The zero-order chi connectivity index (χ0) is 49.5. The quantitative estimate of drug-likeness (QED) is 0.0983. The number of aromatic hydroxyl groups is 1. The van der Waals surface area contributed by atoms with Crippen LogP contribution >= 0.6 is 0 Å². The number of nitrogens with zero attached hydrogens (tertiary/aromatic N) is 4. The first-order chi connectivity index (χ1) is 35.1. The molecule has 0 saturated carbocycles. The van der Waals surface area contributed by atoms with Crippen LogP contribution in [0.15, 0.2) is 152 Å². The van der Waals surface area contributed by atoms with Gasteiger partial charge in [-0.15, -0.1) is 0 Å². The minimum atomic E-state index is -1.99. The number of aliphatic hydroxyl groups excluding tert-OH is 1. The van der Waals surface area contributed by atoms with Gasteiger partial charge in [-0.05, 0) is 82.8 Å². The van der Waals surface area contributed by atoms with Crippen LogP contribution in [0.25, 0.3) is 0 Å². The fraction of sp³-hybridized carbons (Fsp3) is 0.276. The maximum atomic E-state index is 16.7. The number of phenols is 1. The number of hydrogen-bond acceptors (Lipinski definition) is 11. The number of esters is 1. The number of cyclic esters (lactones) is 1. The van der Waals surface area contributed by atoms with E-state index < -0.39 is 65.4 Å². The van der Waals surface area contributed by atoms with Crippen LogP contribution in [0.2, 0.25) is 0 Å². The van der Waals surface area contributed by atoms with E-state index in [4.69, 9.17) is 14.2 Å². The van der Waals surface area contributed by atoms with Gasteiger partial charge in [0, 0.05) is 44.7 Å². The summed E-state index contributed by atoms with van der Waals surface area (Å²) in [7, 11) is 0. The lowest BCUT2D eigenvalue weighted by molar-refractivity contribution is -0.179. The van der Waals surface area contributed by atoms with E-state index in [1.54, 1.807) is 35.2 Å². The Morgan fingerprint density at radius 2 is 1.44 bits per heavy atom. The summed E-state index contributed by atoms with van der Waals surface area (Å²) in [6.45, 7) is 3.97. The van der Waals surface area contributed by atoms with Crippen molar-refractivity contribution in [1.82, 2.24) is 20.0 Å². The van der Waals surface area contributed by atoms with Gasteiger partial charge in [0.25, 0.3) is 0 Å². The Labute approximate surface area is 417 Å². The molecule has 364 valence electrons. The molecule has 14 nitrogen and oxygen atoms in total. The third-order valence-corrected chi connectivity index (χ3v) is 14.8.